The van der Waals surface area contributed by atoms with Crippen molar-refractivity contribution in [2.24, 2.45) is 57.5 Å². The number of carbonyl (C=O) groups is 11. The number of rotatable bonds is 38. The monoisotopic (exact) mass is 1230 g/mol. The molecule has 0 aromatic carbocycles. The van der Waals surface area contributed by atoms with Gasteiger partial charge in [-0.2, -0.15) is 12.6 Å². The normalized spacial score (nSPS) is 18.1. The summed E-state index contributed by atoms with van der Waals surface area (Å²) >= 11 is 4.33. The second kappa shape index (κ2) is 37.7. The van der Waals surface area contributed by atoms with E-state index in [0.29, 0.717) is 63.2 Å². The van der Waals surface area contributed by atoms with Crippen LogP contribution < -0.4 is 70.8 Å². The van der Waals surface area contributed by atoms with E-state index in [1.807, 2.05) is 18.7 Å². The number of carbonyl (C=O) groups excluding carboxylic acids is 10. The van der Waals surface area contributed by atoms with Gasteiger partial charge in [0.1, 0.15) is 54.4 Å². The first-order valence-electron chi connectivity index (χ1n) is 30.2. The zero-order valence-electron chi connectivity index (χ0n) is 52.1. The molecule has 18 N–H and O–H groups in total. The van der Waals surface area contributed by atoms with E-state index in [0.717, 1.165) is 6.42 Å². The maximum Gasteiger partial charge on any atom is 0.326 e. The SMILES string of the molecule is C=C([C@@H](N)CC(C)C)N1CCCC1C(=O)N[C@@H](CS)C(=O)N[C@H](C(=O)N[C@H](C(=O)NCC(=O)NCC(=O)N[C@H](C(=O)N1CCCC1C(=O)N[C@@H](CCCCN)C(=O)N[C@@H](CCCN=C(N)N)C(=O)N[C@H](C(=O)O)C(C)C)C(C)C)C(C)CC)C(C)C. The van der Waals surface area contributed by atoms with Crippen LogP contribution in [-0.2, 0) is 52.7 Å². The van der Waals surface area contributed by atoms with Crippen LogP contribution in [-0.4, -0.2) is 191 Å². The number of hydrogen-bond acceptors (Lipinski definition) is 16. The molecule has 2 fully saturated rings. The summed E-state index contributed by atoms with van der Waals surface area (Å²) in [6.07, 6.45) is 4.24. The fourth-order valence-electron chi connectivity index (χ4n) is 10.0. The number of aliphatic carboxylic acids is 1. The number of carboxylic acid groups (broad SMARTS) is 1. The smallest absolute Gasteiger partial charge is 0.326 e. The molecule has 2 saturated heterocycles. The molecule has 0 spiro atoms. The molecule has 2 rings (SSSR count). The van der Waals surface area contributed by atoms with Crippen molar-refractivity contribution < 1.29 is 57.8 Å². The number of amides is 10. The van der Waals surface area contributed by atoms with E-state index in [2.05, 4.69) is 72.1 Å². The lowest BCUT2D eigenvalue weighted by atomic mass is 9.96. The van der Waals surface area contributed by atoms with Crippen LogP contribution in [0, 0.1) is 29.6 Å². The number of aliphatic imine (C=N–C) groups is 1. The van der Waals surface area contributed by atoms with Crippen molar-refractivity contribution in [3.63, 3.8) is 0 Å². The Balaban J connectivity index is 2.12. The first kappa shape index (κ1) is 75.3. The van der Waals surface area contributed by atoms with Crippen molar-refractivity contribution in [1.82, 2.24) is 57.7 Å². The Labute approximate surface area is 512 Å². The molecule has 29 heteroatoms. The zero-order chi connectivity index (χ0) is 65.1. The van der Waals surface area contributed by atoms with Crippen molar-refractivity contribution in [3.8, 4) is 0 Å². The molecule has 0 radical (unpaired) electrons. The van der Waals surface area contributed by atoms with Crippen LogP contribution >= 0.6 is 12.6 Å². The molecule has 2 aliphatic rings. The van der Waals surface area contributed by atoms with Gasteiger partial charge in [0.2, 0.25) is 59.1 Å². The van der Waals surface area contributed by atoms with E-state index in [1.54, 1.807) is 55.4 Å². The van der Waals surface area contributed by atoms with Crippen LogP contribution in [0.15, 0.2) is 17.3 Å². The number of hydrogen-bond donors (Lipinski definition) is 15. The molecule has 86 heavy (non-hydrogen) atoms. The Hall–Kier alpha value is -6.75. The highest BCUT2D eigenvalue weighted by Crippen LogP contribution is 2.26. The average molecular weight is 1240 g/mol. The fourth-order valence-corrected chi connectivity index (χ4v) is 10.3. The minimum Gasteiger partial charge on any atom is -0.480 e. The third-order valence-corrected chi connectivity index (χ3v) is 15.6. The quantitative estimate of drug-likeness (QED) is 0.0140. The van der Waals surface area contributed by atoms with Gasteiger partial charge in [-0.1, -0.05) is 82.2 Å². The summed E-state index contributed by atoms with van der Waals surface area (Å²) in [4.78, 5) is 156. The molecule has 0 aromatic heterocycles. The van der Waals surface area contributed by atoms with E-state index >= 15 is 0 Å². The Morgan fingerprint density at radius 3 is 1.64 bits per heavy atom. The second-order valence-electron chi connectivity index (χ2n) is 23.8. The highest BCUT2D eigenvalue weighted by atomic mass is 32.1. The van der Waals surface area contributed by atoms with Gasteiger partial charge in [0.15, 0.2) is 5.96 Å². The molecule has 10 amide bonds. The molecule has 2 heterocycles. The van der Waals surface area contributed by atoms with E-state index in [9.17, 15) is 57.8 Å². The number of nitrogens with two attached hydrogens (primary N) is 4. The number of nitrogens with zero attached hydrogens (tertiary/aromatic N) is 3. The highest BCUT2D eigenvalue weighted by Gasteiger charge is 2.41. The first-order valence-corrected chi connectivity index (χ1v) is 30.8. The van der Waals surface area contributed by atoms with Gasteiger partial charge in [0.25, 0.3) is 0 Å². The number of nitrogens with one attached hydrogen (secondary N) is 9. The first-order chi connectivity index (χ1) is 40.4. The predicted molar refractivity (Wildman–Crippen MR) is 329 cm³/mol. The summed E-state index contributed by atoms with van der Waals surface area (Å²) in [6, 6.07) is -10.3. The summed E-state index contributed by atoms with van der Waals surface area (Å²) in [5.74, 6) is -9.88. The standard InChI is InChI=1S/C57H102N16O12S/c1-12-34(10)47(71-54(82)44(31(4)5)69-50(78)39(29-86)67-51(79)40-20-16-24-72(40)35(11)36(59)26-30(2)3)53(81)64-27-42(74)63-28-43(75)68-45(32(6)7)55(83)73-25-17-21-41(73)52(80)66-37(18-13-14-22-58)48(76)65-38(19-15-23-62-57(60)61)49(77)70-46(33(8)9)56(84)85/h30-34,36-41,44-47,86H,11-29,58-59H2,1-10H3,(H,63,74)(H,64,81)(H,65,76)(H,66,80)(H,67,79)(H,68,75)(H,69,78)(H,70,77)(H,71,82)(H,84,85)(H4,60,61,62)/t34?,36-,37-,38-,39-,40?,41?,44-,45-,46-,47-/m0/s1. The van der Waals surface area contributed by atoms with Crippen LogP contribution in [0.2, 0.25) is 0 Å². The summed E-state index contributed by atoms with van der Waals surface area (Å²) < 4.78 is 0. The second-order valence-corrected chi connectivity index (χ2v) is 24.2. The molecule has 3 unspecified atom stereocenters. The predicted octanol–water partition coefficient (Wildman–Crippen LogP) is -1.83. The number of guanidine groups is 1. The maximum atomic E-state index is 14.2. The van der Waals surface area contributed by atoms with E-state index in [1.165, 1.54) is 4.90 Å². The molecule has 0 bridgehead atoms. The molecular weight excluding hydrogens is 1130 g/mol. The van der Waals surface area contributed by atoms with Crippen molar-refractivity contribution in [2.75, 3.05) is 45.0 Å². The molecule has 0 aromatic rings. The lowest BCUT2D eigenvalue weighted by molar-refractivity contribution is -0.144. The van der Waals surface area contributed by atoms with Gasteiger partial charge in [-0.25, -0.2) is 4.79 Å². The molecular formula is C57H102N16O12S. The molecule has 28 nitrogen and oxygen atoms in total. The lowest BCUT2D eigenvalue weighted by Gasteiger charge is -2.32. The van der Waals surface area contributed by atoms with Gasteiger partial charge in [-0.3, -0.25) is 52.9 Å². The summed E-state index contributed by atoms with van der Waals surface area (Å²) in [6.45, 7) is 21.7. The number of likely N-dealkylation sites (tertiary alicyclic amines) is 2. The van der Waals surface area contributed by atoms with Gasteiger partial charge in [-0.15, -0.1) is 0 Å². The summed E-state index contributed by atoms with van der Waals surface area (Å²) in [5.41, 5.74) is 23.7. The topological polar surface area (TPSA) is 439 Å². The molecule has 0 saturated carbocycles. The summed E-state index contributed by atoms with van der Waals surface area (Å²) in [5, 5.41) is 33.4. The Bertz CT molecular complexity index is 2360. The van der Waals surface area contributed by atoms with Gasteiger partial charge in [0.05, 0.1) is 13.1 Å². The van der Waals surface area contributed by atoms with E-state index in [-0.39, 0.29) is 56.5 Å². The van der Waals surface area contributed by atoms with Gasteiger partial charge in [-0.05, 0) is 100 Å². The van der Waals surface area contributed by atoms with Crippen LogP contribution in [0.4, 0.5) is 0 Å². The fraction of sp³-hybridized carbons (Fsp3) is 0.754. The highest BCUT2D eigenvalue weighted by molar-refractivity contribution is 7.80. The molecule has 2 aliphatic heterocycles. The maximum absolute atomic E-state index is 14.2. The number of carboxylic acids is 1. The minimum absolute atomic E-state index is 0.0111. The third-order valence-electron chi connectivity index (χ3n) is 15.3. The van der Waals surface area contributed by atoms with E-state index in [4.69, 9.17) is 22.9 Å². The Morgan fingerprint density at radius 1 is 0.605 bits per heavy atom. The molecule has 0 aliphatic carbocycles. The van der Waals surface area contributed by atoms with Crippen molar-refractivity contribution in [3.05, 3.63) is 12.3 Å². The number of thiol groups is 1. The zero-order valence-corrected chi connectivity index (χ0v) is 53.0. The minimum atomic E-state index is -1.27. The van der Waals surface area contributed by atoms with Crippen LogP contribution in [0.3, 0.4) is 0 Å². The Morgan fingerprint density at radius 2 is 1.10 bits per heavy atom. The van der Waals surface area contributed by atoms with Crippen molar-refractivity contribution in [2.45, 2.75) is 200 Å². The average Bonchev–Trinajstić information content (AvgIpc) is 2.72. The van der Waals surface area contributed by atoms with Crippen molar-refractivity contribution >= 4 is 83.6 Å². The van der Waals surface area contributed by atoms with Crippen molar-refractivity contribution in [1.29, 1.82) is 0 Å². The van der Waals surface area contributed by atoms with Crippen LogP contribution in [0.5, 0.6) is 0 Å². The lowest BCUT2D eigenvalue weighted by Crippen LogP contribution is -2.60. The van der Waals surface area contributed by atoms with Gasteiger partial charge in [0, 0.05) is 37.1 Å². The van der Waals surface area contributed by atoms with E-state index < -0.39 is 156 Å². The van der Waals surface area contributed by atoms with Crippen LogP contribution in [0.25, 0.3) is 0 Å². The van der Waals surface area contributed by atoms with Crippen LogP contribution in [0.1, 0.15) is 140 Å². The Kier molecular flexibility index (Phi) is 33.1. The van der Waals surface area contributed by atoms with Gasteiger partial charge < -0.3 is 85.7 Å². The third kappa shape index (κ3) is 24.6. The van der Waals surface area contributed by atoms with Gasteiger partial charge >= 0.3 is 5.97 Å². The summed E-state index contributed by atoms with van der Waals surface area (Å²) in [7, 11) is 0. The number of unbranched alkanes of at least 4 members (excludes halogenated alkanes) is 1. The molecule has 488 valence electrons. The largest absolute Gasteiger partial charge is 0.480 e. The molecule has 11 atom stereocenters.